The zero-order valence-electron chi connectivity index (χ0n) is 16.6. The Morgan fingerprint density at radius 1 is 1.03 bits per heavy atom. The Hall–Kier alpha value is -2.74. The summed E-state index contributed by atoms with van der Waals surface area (Å²) in [5.74, 6) is 0.839. The number of fused-ring (bicyclic) bond motifs is 1. The summed E-state index contributed by atoms with van der Waals surface area (Å²) < 4.78 is 1.85. The molecule has 0 fully saturated rings. The van der Waals surface area contributed by atoms with Crippen molar-refractivity contribution in [1.82, 2.24) is 14.8 Å². The van der Waals surface area contributed by atoms with Crippen LogP contribution in [0.4, 0.5) is 11.4 Å². The largest absolute Gasteiger partial charge is 0.376 e. The number of rotatable bonds is 7. The maximum absolute atomic E-state index is 12.5. The number of hydrogen-bond donors (Lipinski definition) is 2. The fourth-order valence-electron chi connectivity index (χ4n) is 3.08. The van der Waals surface area contributed by atoms with Crippen LogP contribution in [0.25, 0.3) is 10.8 Å². The standard InChI is InChI=1S/C22H19Cl2N5OS/c1-29-20(12-25-19-11-15(23)9-10-17(19)24)27-28-22(29)31-13-21(30)26-18-8-4-6-14-5-2-3-7-16(14)18/h2-11,25H,12-13H2,1H3,(H,26,30). The lowest BCUT2D eigenvalue weighted by Gasteiger charge is -2.09. The third-order valence-corrected chi connectivity index (χ3v) is 6.27. The summed E-state index contributed by atoms with van der Waals surface area (Å²) in [5, 5.41) is 18.5. The van der Waals surface area contributed by atoms with Crippen LogP contribution in [-0.2, 0) is 18.4 Å². The molecule has 1 aromatic heterocycles. The zero-order chi connectivity index (χ0) is 21.8. The highest BCUT2D eigenvalue weighted by molar-refractivity contribution is 7.99. The molecular formula is C22H19Cl2N5OS. The number of thioether (sulfide) groups is 1. The quantitative estimate of drug-likeness (QED) is 0.342. The molecule has 9 heteroatoms. The van der Waals surface area contributed by atoms with Crippen LogP contribution in [0.1, 0.15) is 5.82 Å². The highest BCUT2D eigenvalue weighted by Crippen LogP contribution is 2.26. The third-order valence-electron chi connectivity index (χ3n) is 4.69. The number of amides is 1. The Bertz CT molecular complexity index is 1240. The maximum Gasteiger partial charge on any atom is 0.234 e. The van der Waals surface area contributed by atoms with Gasteiger partial charge in [-0.1, -0.05) is 71.4 Å². The molecule has 1 amide bonds. The molecule has 0 atom stereocenters. The van der Waals surface area contributed by atoms with Gasteiger partial charge in [-0.2, -0.15) is 0 Å². The topological polar surface area (TPSA) is 71.8 Å². The van der Waals surface area contributed by atoms with Gasteiger partial charge in [0.1, 0.15) is 0 Å². The van der Waals surface area contributed by atoms with Gasteiger partial charge in [-0.15, -0.1) is 10.2 Å². The van der Waals surface area contributed by atoms with Crippen LogP contribution in [0.15, 0.2) is 65.8 Å². The lowest BCUT2D eigenvalue weighted by Crippen LogP contribution is -2.15. The molecule has 6 nitrogen and oxygen atoms in total. The summed E-state index contributed by atoms with van der Waals surface area (Å²) in [4.78, 5) is 12.5. The minimum absolute atomic E-state index is 0.102. The number of hydrogen-bond acceptors (Lipinski definition) is 5. The maximum atomic E-state index is 12.5. The highest BCUT2D eigenvalue weighted by Gasteiger charge is 2.13. The molecule has 31 heavy (non-hydrogen) atoms. The van der Waals surface area contributed by atoms with E-state index in [4.69, 9.17) is 23.2 Å². The minimum atomic E-state index is -0.102. The van der Waals surface area contributed by atoms with Crippen molar-refractivity contribution in [2.75, 3.05) is 16.4 Å². The molecule has 4 aromatic rings. The van der Waals surface area contributed by atoms with Gasteiger partial charge in [0, 0.05) is 23.1 Å². The van der Waals surface area contributed by atoms with Gasteiger partial charge in [0.15, 0.2) is 11.0 Å². The molecule has 0 bridgehead atoms. The second kappa shape index (κ2) is 9.60. The molecule has 2 N–H and O–H groups in total. The van der Waals surface area contributed by atoms with Gasteiger partial charge < -0.3 is 15.2 Å². The fraction of sp³-hybridized carbons (Fsp3) is 0.136. The lowest BCUT2D eigenvalue weighted by molar-refractivity contribution is -0.113. The molecule has 3 aromatic carbocycles. The fourth-order valence-corrected chi connectivity index (χ4v) is 4.17. The van der Waals surface area contributed by atoms with E-state index in [-0.39, 0.29) is 11.7 Å². The molecule has 4 rings (SSSR count). The molecule has 0 spiro atoms. The number of carbonyl (C=O) groups excluding carboxylic acids is 1. The summed E-state index contributed by atoms with van der Waals surface area (Å²) in [6, 6.07) is 19.0. The van der Waals surface area contributed by atoms with Gasteiger partial charge in [-0.25, -0.2) is 0 Å². The average molecular weight is 472 g/mol. The number of carbonyl (C=O) groups is 1. The Labute approximate surface area is 194 Å². The van der Waals surface area contributed by atoms with Crippen molar-refractivity contribution in [3.8, 4) is 0 Å². The van der Waals surface area contributed by atoms with E-state index in [1.54, 1.807) is 18.2 Å². The van der Waals surface area contributed by atoms with Crippen LogP contribution < -0.4 is 10.6 Å². The number of benzene rings is 3. The predicted molar refractivity (Wildman–Crippen MR) is 128 cm³/mol. The van der Waals surface area contributed by atoms with Crippen molar-refractivity contribution >= 4 is 63.0 Å². The minimum Gasteiger partial charge on any atom is -0.376 e. The van der Waals surface area contributed by atoms with Crippen molar-refractivity contribution in [2.45, 2.75) is 11.7 Å². The molecule has 0 aliphatic rings. The number of aromatic nitrogens is 3. The van der Waals surface area contributed by atoms with Crippen LogP contribution >= 0.6 is 35.0 Å². The zero-order valence-corrected chi connectivity index (χ0v) is 18.9. The Morgan fingerprint density at radius 3 is 2.71 bits per heavy atom. The van der Waals surface area contributed by atoms with E-state index in [1.165, 1.54) is 11.8 Å². The Kier molecular flexibility index (Phi) is 6.65. The van der Waals surface area contributed by atoms with Gasteiger partial charge >= 0.3 is 0 Å². The van der Waals surface area contributed by atoms with E-state index in [2.05, 4.69) is 20.8 Å². The molecule has 1 heterocycles. The van der Waals surface area contributed by atoms with E-state index in [1.807, 2.05) is 54.1 Å². The van der Waals surface area contributed by atoms with Crippen LogP contribution in [0.3, 0.4) is 0 Å². The van der Waals surface area contributed by atoms with Crippen LogP contribution in [0.2, 0.25) is 10.0 Å². The first-order chi connectivity index (χ1) is 15.0. The molecule has 0 saturated carbocycles. The van der Waals surface area contributed by atoms with Crippen LogP contribution in [-0.4, -0.2) is 26.4 Å². The molecule has 158 valence electrons. The Balaban J connectivity index is 1.36. The summed E-state index contributed by atoms with van der Waals surface area (Å²) in [7, 11) is 1.86. The van der Waals surface area contributed by atoms with E-state index >= 15 is 0 Å². The van der Waals surface area contributed by atoms with Crippen molar-refractivity contribution in [2.24, 2.45) is 7.05 Å². The predicted octanol–water partition coefficient (Wildman–Crippen LogP) is 5.62. The van der Waals surface area contributed by atoms with Crippen molar-refractivity contribution in [3.63, 3.8) is 0 Å². The van der Waals surface area contributed by atoms with Gasteiger partial charge in [0.2, 0.25) is 5.91 Å². The van der Waals surface area contributed by atoms with E-state index in [9.17, 15) is 4.79 Å². The SMILES string of the molecule is Cn1c(CNc2cc(Cl)ccc2Cl)nnc1SCC(=O)Nc1cccc2ccccc12. The monoisotopic (exact) mass is 471 g/mol. The van der Waals surface area contributed by atoms with Gasteiger partial charge in [-0.05, 0) is 29.7 Å². The smallest absolute Gasteiger partial charge is 0.234 e. The number of halogens is 2. The Morgan fingerprint density at radius 2 is 1.84 bits per heavy atom. The average Bonchev–Trinajstić information content (AvgIpc) is 3.12. The van der Waals surface area contributed by atoms with Crippen LogP contribution in [0.5, 0.6) is 0 Å². The van der Waals surface area contributed by atoms with Crippen molar-refractivity contribution in [3.05, 3.63) is 76.5 Å². The summed E-state index contributed by atoms with van der Waals surface area (Å²) >= 11 is 13.5. The molecule has 0 unspecified atom stereocenters. The highest BCUT2D eigenvalue weighted by atomic mass is 35.5. The molecule has 0 saturated heterocycles. The van der Waals surface area contributed by atoms with E-state index < -0.39 is 0 Å². The first-order valence-electron chi connectivity index (χ1n) is 9.49. The normalized spacial score (nSPS) is 10.9. The number of nitrogens with one attached hydrogen (secondary N) is 2. The summed E-state index contributed by atoms with van der Waals surface area (Å²) in [6.45, 7) is 0.423. The first kappa shape index (κ1) is 21.5. The molecule has 0 aliphatic heterocycles. The number of anilines is 2. The molecule has 0 aliphatic carbocycles. The van der Waals surface area contributed by atoms with Gasteiger partial charge in [-0.3, -0.25) is 4.79 Å². The number of nitrogens with zero attached hydrogens (tertiary/aromatic N) is 3. The first-order valence-corrected chi connectivity index (χ1v) is 11.2. The molecule has 0 radical (unpaired) electrons. The summed E-state index contributed by atoms with van der Waals surface area (Å²) in [6.07, 6.45) is 0. The second-order valence-corrected chi connectivity index (χ2v) is 8.59. The summed E-state index contributed by atoms with van der Waals surface area (Å²) in [5.41, 5.74) is 1.52. The van der Waals surface area contributed by atoms with E-state index in [0.29, 0.717) is 27.6 Å². The van der Waals surface area contributed by atoms with Gasteiger partial charge in [0.05, 0.1) is 23.0 Å². The van der Waals surface area contributed by atoms with E-state index in [0.717, 1.165) is 22.1 Å². The second-order valence-electron chi connectivity index (χ2n) is 6.80. The van der Waals surface area contributed by atoms with Gasteiger partial charge in [0.25, 0.3) is 0 Å². The van der Waals surface area contributed by atoms with Crippen molar-refractivity contribution in [1.29, 1.82) is 0 Å². The lowest BCUT2D eigenvalue weighted by atomic mass is 10.1. The third kappa shape index (κ3) is 5.12. The van der Waals surface area contributed by atoms with Crippen molar-refractivity contribution < 1.29 is 4.79 Å². The van der Waals surface area contributed by atoms with Crippen LogP contribution in [0, 0.1) is 0 Å². The molecular weight excluding hydrogens is 453 g/mol.